The van der Waals surface area contributed by atoms with Crippen LogP contribution in [0.1, 0.15) is 41.0 Å². The Morgan fingerprint density at radius 3 is 2.63 bits per heavy atom. The van der Waals surface area contributed by atoms with Crippen LogP contribution < -0.4 is 5.32 Å². The number of halogens is 1. The van der Waals surface area contributed by atoms with Crippen LogP contribution in [0.2, 0.25) is 0 Å². The third-order valence-electron chi connectivity index (χ3n) is 3.06. The standard InChI is InChI=1S/C14H16BrN3O/c1-3-13(10-4-6-11(15)7-5-10)17-14(19)12-8-16-18-9(12)2/h4-8,13H,3H2,1-2H3,(H,16,18)(H,17,19). The van der Waals surface area contributed by atoms with E-state index in [0.29, 0.717) is 5.56 Å². The number of nitrogens with one attached hydrogen (secondary N) is 2. The summed E-state index contributed by atoms with van der Waals surface area (Å²) in [6, 6.07) is 8.00. The molecule has 2 N–H and O–H groups in total. The van der Waals surface area contributed by atoms with Gasteiger partial charge in [0, 0.05) is 10.2 Å². The lowest BCUT2D eigenvalue weighted by Gasteiger charge is -2.17. The molecular formula is C14H16BrN3O. The minimum absolute atomic E-state index is 0.00917. The van der Waals surface area contributed by atoms with E-state index in [0.717, 1.165) is 22.2 Å². The van der Waals surface area contributed by atoms with Crippen molar-refractivity contribution in [2.75, 3.05) is 0 Å². The van der Waals surface area contributed by atoms with Gasteiger partial charge in [0.15, 0.2) is 0 Å². The summed E-state index contributed by atoms with van der Waals surface area (Å²) in [7, 11) is 0. The highest BCUT2D eigenvalue weighted by Gasteiger charge is 2.16. The van der Waals surface area contributed by atoms with Crippen molar-refractivity contribution in [3.63, 3.8) is 0 Å². The smallest absolute Gasteiger partial charge is 0.255 e. The molecule has 0 bridgehead atoms. The minimum atomic E-state index is -0.0963. The summed E-state index contributed by atoms with van der Waals surface area (Å²) in [6.07, 6.45) is 2.39. The van der Waals surface area contributed by atoms with Gasteiger partial charge in [0.2, 0.25) is 0 Å². The van der Waals surface area contributed by atoms with Crippen LogP contribution in [-0.2, 0) is 0 Å². The van der Waals surface area contributed by atoms with E-state index < -0.39 is 0 Å². The molecule has 4 nitrogen and oxygen atoms in total. The molecule has 2 aromatic rings. The van der Waals surface area contributed by atoms with E-state index in [2.05, 4.69) is 38.4 Å². The molecule has 0 aliphatic rings. The Hall–Kier alpha value is -1.62. The Kier molecular flexibility index (Phi) is 4.37. The Labute approximate surface area is 120 Å². The molecule has 1 atom stereocenters. The van der Waals surface area contributed by atoms with Gasteiger partial charge in [0.05, 0.1) is 17.8 Å². The van der Waals surface area contributed by atoms with Crippen LogP contribution in [0.3, 0.4) is 0 Å². The van der Waals surface area contributed by atoms with E-state index in [9.17, 15) is 4.79 Å². The molecule has 100 valence electrons. The Morgan fingerprint density at radius 2 is 2.11 bits per heavy atom. The number of carbonyl (C=O) groups excluding carboxylic acids is 1. The van der Waals surface area contributed by atoms with Gasteiger partial charge in [-0.05, 0) is 31.0 Å². The fraction of sp³-hybridized carbons (Fsp3) is 0.286. The normalized spacial score (nSPS) is 12.2. The summed E-state index contributed by atoms with van der Waals surface area (Å²) < 4.78 is 1.03. The summed E-state index contributed by atoms with van der Waals surface area (Å²) >= 11 is 3.41. The van der Waals surface area contributed by atoms with Crippen LogP contribution >= 0.6 is 15.9 Å². The number of benzene rings is 1. The lowest BCUT2D eigenvalue weighted by Crippen LogP contribution is -2.28. The Morgan fingerprint density at radius 1 is 1.42 bits per heavy atom. The van der Waals surface area contributed by atoms with Gasteiger partial charge in [-0.2, -0.15) is 5.10 Å². The second-order valence-electron chi connectivity index (χ2n) is 4.39. The third-order valence-corrected chi connectivity index (χ3v) is 3.59. The number of hydrogen-bond donors (Lipinski definition) is 2. The Balaban J connectivity index is 2.13. The van der Waals surface area contributed by atoms with Gasteiger partial charge >= 0.3 is 0 Å². The molecule has 1 aromatic heterocycles. The molecular weight excluding hydrogens is 306 g/mol. The third kappa shape index (κ3) is 3.23. The van der Waals surface area contributed by atoms with E-state index in [4.69, 9.17) is 0 Å². The number of nitrogens with zero attached hydrogens (tertiary/aromatic N) is 1. The van der Waals surface area contributed by atoms with Crippen LogP contribution in [0, 0.1) is 6.92 Å². The number of aryl methyl sites for hydroxylation is 1. The maximum Gasteiger partial charge on any atom is 0.255 e. The fourth-order valence-electron chi connectivity index (χ4n) is 1.93. The van der Waals surface area contributed by atoms with E-state index in [1.807, 2.05) is 31.2 Å². The molecule has 0 fully saturated rings. The van der Waals surface area contributed by atoms with Crippen LogP contribution in [0.5, 0.6) is 0 Å². The molecule has 0 saturated heterocycles. The zero-order valence-electron chi connectivity index (χ0n) is 10.9. The van der Waals surface area contributed by atoms with Gasteiger partial charge in [-0.3, -0.25) is 9.89 Å². The lowest BCUT2D eigenvalue weighted by atomic mass is 10.0. The quantitative estimate of drug-likeness (QED) is 0.907. The fourth-order valence-corrected chi connectivity index (χ4v) is 2.20. The zero-order valence-corrected chi connectivity index (χ0v) is 12.5. The molecule has 1 aromatic carbocycles. The highest BCUT2D eigenvalue weighted by atomic mass is 79.9. The van der Waals surface area contributed by atoms with Gasteiger partial charge in [-0.25, -0.2) is 0 Å². The highest BCUT2D eigenvalue weighted by molar-refractivity contribution is 9.10. The second kappa shape index (κ2) is 6.02. The van der Waals surface area contributed by atoms with Gasteiger partial charge in [0.25, 0.3) is 5.91 Å². The average molecular weight is 322 g/mol. The molecule has 0 saturated carbocycles. The second-order valence-corrected chi connectivity index (χ2v) is 5.31. The van der Waals surface area contributed by atoms with Crippen molar-refractivity contribution in [3.8, 4) is 0 Å². The van der Waals surface area contributed by atoms with Crippen molar-refractivity contribution in [2.45, 2.75) is 26.3 Å². The van der Waals surface area contributed by atoms with Crippen molar-refractivity contribution in [1.29, 1.82) is 0 Å². The molecule has 0 aliphatic heterocycles. The molecule has 0 spiro atoms. The molecule has 1 heterocycles. The summed E-state index contributed by atoms with van der Waals surface area (Å²) in [5.41, 5.74) is 2.47. The number of hydrogen-bond acceptors (Lipinski definition) is 2. The largest absolute Gasteiger partial charge is 0.345 e. The van der Waals surface area contributed by atoms with Crippen LogP contribution in [0.4, 0.5) is 0 Å². The van der Waals surface area contributed by atoms with Crippen molar-refractivity contribution < 1.29 is 4.79 Å². The first kappa shape index (κ1) is 13.8. The predicted octanol–water partition coefficient (Wildman–Crippen LogP) is 3.36. The van der Waals surface area contributed by atoms with E-state index in [1.54, 1.807) is 6.20 Å². The van der Waals surface area contributed by atoms with Gasteiger partial charge < -0.3 is 5.32 Å². The van der Waals surface area contributed by atoms with Crippen molar-refractivity contribution in [1.82, 2.24) is 15.5 Å². The predicted molar refractivity (Wildman–Crippen MR) is 78.0 cm³/mol. The molecule has 0 aliphatic carbocycles. The van der Waals surface area contributed by atoms with E-state index >= 15 is 0 Å². The molecule has 5 heteroatoms. The number of aromatic nitrogens is 2. The summed E-state index contributed by atoms with van der Waals surface area (Å²) in [6.45, 7) is 3.89. The molecule has 19 heavy (non-hydrogen) atoms. The Bertz CT molecular complexity index is 562. The first-order valence-electron chi connectivity index (χ1n) is 6.18. The molecule has 1 amide bonds. The summed E-state index contributed by atoms with van der Waals surface area (Å²) in [5.74, 6) is -0.0963. The van der Waals surface area contributed by atoms with Gasteiger partial charge in [-0.15, -0.1) is 0 Å². The van der Waals surface area contributed by atoms with Crippen molar-refractivity contribution >= 4 is 21.8 Å². The number of amides is 1. The number of aromatic amines is 1. The number of H-pyrrole nitrogens is 1. The SMILES string of the molecule is CCC(NC(=O)c1cn[nH]c1C)c1ccc(Br)cc1. The maximum atomic E-state index is 12.2. The summed E-state index contributed by atoms with van der Waals surface area (Å²) in [5, 5.41) is 9.67. The van der Waals surface area contributed by atoms with E-state index in [1.165, 1.54) is 0 Å². The first-order valence-corrected chi connectivity index (χ1v) is 6.97. The van der Waals surface area contributed by atoms with Crippen LogP contribution in [-0.4, -0.2) is 16.1 Å². The van der Waals surface area contributed by atoms with Crippen molar-refractivity contribution in [3.05, 3.63) is 51.8 Å². The van der Waals surface area contributed by atoms with Gasteiger partial charge in [-0.1, -0.05) is 35.0 Å². The van der Waals surface area contributed by atoms with Crippen molar-refractivity contribution in [2.24, 2.45) is 0 Å². The average Bonchev–Trinajstić information content (AvgIpc) is 2.83. The molecule has 0 radical (unpaired) electrons. The minimum Gasteiger partial charge on any atom is -0.345 e. The van der Waals surface area contributed by atoms with Crippen LogP contribution in [0.25, 0.3) is 0 Å². The van der Waals surface area contributed by atoms with E-state index in [-0.39, 0.29) is 11.9 Å². The molecule has 1 unspecified atom stereocenters. The van der Waals surface area contributed by atoms with Crippen LogP contribution in [0.15, 0.2) is 34.9 Å². The number of rotatable bonds is 4. The zero-order chi connectivity index (χ0) is 13.8. The lowest BCUT2D eigenvalue weighted by molar-refractivity contribution is 0.0935. The number of carbonyl (C=O) groups is 1. The molecule has 2 rings (SSSR count). The van der Waals surface area contributed by atoms with Gasteiger partial charge in [0.1, 0.15) is 0 Å². The monoisotopic (exact) mass is 321 g/mol. The maximum absolute atomic E-state index is 12.2. The topological polar surface area (TPSA) is 57.8 Å². The first-order chi connectivity index (χ1) is 9.11. The summed E-state index contributed by atoms with van der Waals surface area (Å²) in [4.78, 5) is 12.2. The highest BCUT2D eigenvalue weighted by Crippen LogP contribution is 2.20.